The van der Waals surface area contributed by atoms with Gasteiger partial charge in [0.05, 0.1) is 11.1 Å². The Kier molecular flexibility index (Phi) is 2.81. The van der Waals surface area contributed by atoms with Crippen LogP contribution in [0.2, 0.25) is 0 Å². The summed E-state index contributed by atoms with van der Waals surface area (Å²) in [5, 5.41) is 19.6. The standard InChI is InChI=1S/C19H10O5/c20-17-14-3-1-2-11-13(19(23)24)7-6-12(16(11)14)10-5-4-9(18(21)22)8-15(10)17/h1-8H,(H,21,22)(H,23,24). The molecule has 24 heavy (non-hydrogen) atoms. The molecule has 0 spiro atoms. The second kappa shape index (κ2) is 4.76. The molecule has 116 valence electrons. The Morgan fingerprint density at radius 2 is 1.50 bits per heavy atom. The molecule has 0 amide bonds. The summed E-state index contributed by atoms with van der Waals surface area (Å²) >= 11 is 0. The third kappa shape index (κ3) is 1.78. The van der Waals surface area contributed by atoms with Crippen molar-refractivity contribution >= 4 is 28.5 Å². The molecule has 0 aromatic heterocycles. The molecule has 3 aromatic carbocycles. The molecule has 0 unspecified atom stereocenters. The van der Waals surface area contributed by atoms with E-state index in [1.165, 1.54) is 18.2 Å². The molecule has 0 fully saturated rings. The van der Waals surface area contributed by atoms with E-state index in [1.807, 2.05) is 0 Å². The van der Waals surface area contributed by atoms with Crippen LogP contribution in [0, 0.1) is 0 Å². The van der Waals surface area contributed by atoms with Crippen molar-refractivity contribution in [2.45, 2.75) is 0 Å². The zero-order valence-corrected chi connectivity index (χ0v) is 12.2. The lowest BCUT2D eigenvalue weighted by Crippen LogP contribution is -2.12. The average Bonchev–Trinajstić information content (AvgIpc) is 2.58. The third-order valence-corrected chi connectivity index (χ3v) is 4.32. The Morgan fingerprint density at radius 3 is 2.21 bits per heavy atom. The highest BCUT2D eigenvalue weighted by Gasteiger charge is 2.27. The van der Waals surface area contributed by atoms with E-state index < -0.39 is 11.9 Å². The molecule has 0 bridgehead atoms. The summed E-state index contributed by atoms with van der Waals surface area (Å²) in [6, 6.07) is 12.5. The van der Waals surface area contributed by atoms with E-state index in [2.05, 4.69) is 0 Å². The first-order valence-corrected chi connectivity index (χ1v) is 7.20. The Morgan fingerprint density at radius 1 is 0.750 bits per heavy atom. The summed E-state index contributed by atoms with van der Waals surface area (Å²) < 4.78 is 0. The first-order chi connectivity index (χ1) is 11.5. The second-order valence-electron chi connectivity index (χ2n) is 5.59. The molecule has 0 saturated carbocycles. The number of fused-ring (bicyclic) bond motifs is 2. The normalized spacial score (nSPS) is 12.1. The largest absolute Gasteiger partial charge is 0.478 e. The van der Waals surface area contributed by atoms with E-state index in [0.717, 1.165) is 5.56 Å². The van der Waals surface area contributed by atoms with Crippen LogP contribution in [0.5, 0.6) is 0 Å². The van der Waals surface area contributed by atoms with Crippen LogP contribution < -0.4 is 0 Å². The van der Waals surface area contributed by atoms with E-state index in [4.69, 9.17) is 5.11 Å². The molecule has 0 aliphatic heterocycles. The average molecular weight is 318 g/mol. The Bertz CT molecular complexity index is 1080. The van der Waals surface area contributed by atoms with Crippen LogP contribution in [-0.2, 0) is 0 Å². The molecule has 1 aliphatic rings. The monoisotopic (exact) mass is 318 g/mol. The van der Waals surface area contributed by atoms with E-state index in [-0.39, 0.29) is 16.9 Å². The van der Waals surface area contributed by atoms with Gasteiger partial charge in [-0.1, -0.05) is 30.3 Å². The fourth-order valence-corrected chi connectivity index (χ4v) is 3.25. The lowest BCUT2D eigenvalue weighted by atomic mass is 9.81. The lowest BCUT2D eigenvalue weighted by Gasteiger charge is -2.21. The molecule has 0 heterocycles. The molecule has 5 nitrogen and oxygen atoms in total. The molecule has 4 rings (SSSR count). The van der Waals surface area contributed by atoms with Gasteiger partial charge < -0.3 is 10.2 Å². The van der Waals surface area contributed by atoms with E-state index in [0.29, 0.717) is 27.5 Å². The Balaban J connectivity index is 2.13. The van der Waals surface area contributed by atoms with Gasteiger partial charge in [-0.25, -0.2) is 9.59 Å². The number of carbonyl (C=O) groups excluding carboxylic acids is 1. The smallest absolute Gasteiger partial charge is 0.336 e. The van der Waals surface area contributed by atoms with Crippen LogP contribution in [0.1, 0.15) is 36.6 Å². The summed E-state index contributed by atoms with van der Waals surface area (Å²) in [5.74, 6) is -2.46. The van der Waals surface area contributed by atoms with Crippen LogP contribution in [0.3, 0.4) is 0 Å². The highest BCUT2D eigenvalue weighted by molar-refractivity contribution is 6.27. The molecular weight excluding hydrogens is 308 g/mol. The van der Waals surface area contributed by atoms with Crippen molar-refractivity contribution in [3.05, 3.63) is 70.8 Å². The fraction of sp³-hybridized carbons (Fsp3) is 0. The van der Waals surface area contributed by atoms with Crippen molar-refractivity contribution in [2.75, 3.05) is 0 Å². The van der Waals surface area contributed by atoms with E-state index >= 15 is 0 Å². The van der Waals surface area contributed by atoms with Gasteiger partial charge in [0, 0.05) is 16.5 Å². The van der Waals surface area contributed by atoms with Crippen LogP contribution >= 0.6 is 0 Å². The quantitative estimate of drug-likeness (QED) is 0.590. The predicted molar refractivity (Wildman–Crippen MR) is 86.7 cm³/mol. The summed E-state index contributed by atoms with van der Waals surface area (Å²) in [4.78, 5) is 35.4. The van der Waals surface area contributed by atoms with Gasteiger partial charge in [-0.2, -0.15) is 0 Å². The maximum atomic E-state index is 12.8. The van der Waals surface area contributed by atoms with Gasteiger partial charge in [0.15, 0.2) is 5.78 Å². The van der Waals surface area contributed by atoms with Gasteiger partial charge in [0.1, 0.15) is 0 Å². The highest BCUT2D eigenvalue weighted by atomic mass is 16.4. The topological polar surface area (TPSA) is 91.7 Å². The molecule has 0 radical (unpaired) electrons. The number of benzene rings is 3. The molecule has 0 saturated heterocycles. The van der Waals surface area contributed by atoms with E-state index in [9.17, 15) is 19.5 Å². The zero-order chi connectivity index (χ0) is 17.0. The molecule has 5 heteroatoms. The number of rotatable bonds is 2. The van der Waals surface area contributed by atoms with Crippen molar-refractivity contribution in [2.24, 2.45) is 0 Å². The van der Waals surface area contributed by atoms with Crippen molar-refractivity contribution in [1.82, 2.24) is 0 Å². The lowest BCUT2D eigenvalue weighted by molar-refractivity contribution is 0.0687. The highest BCUT2D eigenvalue weighted by Crippen LogP contribution is 2.40. The van der Waals surface area contributed by atoms with Crippen molar-refractivity contribution < 1.29 is 24.6 Å². The molecule has 3 aromatic rings. The van der Waals surface area contributed by atoms with Gasteiger partial charge in [0.2, 0.25) is 0 Å². The summed E-state index contributed by atoms with van der Waals surface area (Å²) in [6.45, 7) is 0. The number of hydrogen-bond donors (Lipinski definition) is 2. The van der Waals surface area contributed by atoms with Gasteiger partial charge >= 0.3 is 11.9 Å². The number of ketones is 1. The fourth-order valence-electron chi connectivity index (χ4n) is 3.25. The zero-order valence-electron chi connectivity index (χ0n) is 12.2. The summed E-state index contributed by atoms with van der Waals surface area (Å²) in [5.41, 5.74) is 2.23. The summed E-state index contributed by atoms with van der Waals surface area (Å²) in [6.07, 6.45) is 0. The predicted octanol–water partition coefficient (Wildman–Crippen LogP) is 3.45. The number of hydrogen-bond acceptors (Lipinski definition) is 3. The van der Waals surface area contributed by atoms with Gasteiger partial charge in [0.25, 0.3) is 0 Å². The number of carbonyl (C=O) groups is 3. The van der Waals surface area contributed by atoms with Crippen LogP contribution in [-0.4, -0.2) is 27.9 Å². The molecule has 0 atom stereocenters. The number of aromatic carboxylic acids is 2. The SMILES string of the molecule is O=C(O)c1ccc2c(c1)C(=O)c1cccc3c(C(=O)O)ccc-2c13. The van der Waals surface area contributed by atoms with Gasteiger partial charge in [-0.3, -0.25) is 4.79 Å². The minimum absolute atomic E-state index is 0.0416. The van der Waals surface area contributed by atoms with Crippen LogP contribution in [0.15, 0.2) is 48.5 Å². The van der Waals surface area contributed by atoms with E-state index in [1.54, 1.807) is 30.3 Å². The Labute approximate surface area is 135 Å². The molecule has 1 aliphatic carbocycles. The third-order valence-electron chi connectivity index (χ3n) is 4.32. The first kappa shape index (κ1) is 14.1. The first-order valence-electron chi connectivity index (χ1n) is 7.20. The molecular formula is C19H10O5. The van der Waals surface area contributed by atoms with Gasteiger partial charge in [-0.15, -0.1) is 0 Å². The second-order valence-corrected chi connectivity index (χ2v) is 5.59. The number of carboxylic acid groups (broad SMARTS) is 2. The van der Waals surface area contributed by atoms with Crippen LogP contribution in [0.25, 0.3) is 21.9 Å². The molecule has 2 N–H and O–H groups in total. The van der Waals surface area contributed by atoms with Gasteiger partial charge in [-0.05, 0) is 34.7 Å². The maximum absolute atomic E-state index is 12.8. The Hall–Kier alpha value is -3.47. The van der Waals surface area contributed by atoms with Crippen molar-refractivity contribution in [1.29, 1.82) is 0 Å². The van der Waals surface area contributed by atoms with Crippen LogP contribution in [0.4, 0.5) is 0 Å². The van der Waals surface area contributed by atoms with Crippen molar-refractivity contribution in [3.63, 3.8) is 0 Å². The van der Waals surface area contributed by atoms with Crippen molar-refractivity contribution in [3.8, 4) is 11.1 Å². The number of carboxylic acids is 2. The minimum atomic E-state index is -1.10. The minimum Gasteiger partial charge on any atom is -0.478 e. The maximum Gasteiger partial charge on any atom is 0.336 e. The summed E-state index contributed by atoms with van der Waals surface area (Å²) in [7, 11) is 0.